The molecule has 0 bridgehead atoms. The fourth-order valence-corrected chi connectivity index (χ4v) is 2.76. The number of carbonyl (C=O) groups is 1. The minimum Gasteiger partial charge on any atom is -0.469 e. The summed E-state index contributed by atoms with van der Waals surface area (Å²) in [6.07, 6.45) is 0.696. The van der Waals surface area contributed by atoms with E-state index in [0.29, 0.717) is 6.42 Å². The largest absolute Gasteiger partial charge is 0.469 e. The second kappa shape index (κ2) is 3.00. The first-order valence-corrected chi connectivity index (χ1v) is 5.25. The van der Waals surface area contributed by atoms with Crippen molar-refractivity contribution in [3.63, 3.8) is 0 Å². The number of ether oxygens (including phenoxy) is 1. The van der Waals surface area contributed by atoms with E-state index in [1.165, 1.54) is 7.11 Å². The second-order valence-electron chi connectivity index (χ2n) is 3.12. The van der Waals surface area contributed by atoms with Gasteiger partial charge in [0.15, 0.2) is 0 Å². The fraction of sp³-hybridized carbons (Fsp3) is 0.444. The van der Waals surface area contributed by atoms with E-state index in [-0.39, 0.29) is 11.9 Å². The molecule has 1 heterocycles. The maximum Gasteiger partial charge on any atom is 0.310 e. The molecule has 0 radical (unpaired) electrons. The molecule has 0 aliphatic heterocycles. The SMILES string of the molecule is COC(=O)[C@H]1CC1(Cl)c1cccs1. The van der Waals surface area contributed by atoms with Crippen molar-refractivity contribution >= 4 is 28.9 Å². The predicted octanol–water partition coefficient (Wildman–Crippen LogP) is 2.38. The standard InChI is InChI=1S/C9H9ClO2S/c1-12-8(11)6-5-9(6,10)7-3-2-4-13-7/h2-4,6H,5H2,1H3/t6-,9?/m1/s1. The van der Waals surface area contributed by atoms with Gasteiger partial charge in [-0.15, -0.1) is 22.9 Å². The van der Waals surface area contributed by atoms with Crippen LogP contribution in [-0.2, 0) is 14.4 Å². The Morgan fingerprint density at radius 3 is 3.15 bits per heavy atom. The van der Waals surface area contributed by atoms with Crippen molar-refractivity contribution in [2.24, 2.45) is 5.92 Å². The molecule has 2 rings (SSSR count). The average molecular weight is 217 g/mol. The summed E-state index contributed by atoms with van der Waals surface area (Å²) in [5, 5.41) is 1.96. The van der Waals surface area contributed by atoms with Gasteiger partial charge in [0.2, 0.25) is 0 Å². The van der Waals surface area contributed by atoms with Gasteiger partial charge in [-0.1, -0.05) is 6.07 Å². The van der Waals surface area contributed by atoms with Crippen LogP contribution in [-0.4, -0.2) is 13.1 Å². The smallest absolute Gasteiger partial charge is 0.310 e. The fourth-order valence-electron chi connectivity index (χ4n) is 1.44. The van der Waals surface area contributed by atoms with E-state index in [4.69, 9.17) is 11.6 Å². The molecule has 0 amide bonds. The molecular weight excluding hydrogens is 208 g/mol. The van der Waals surface area contributed by atoms with Crippen LogP contribution in [0.15, 0.2) is 17.5 Å². The third kappa shape index (κ3) is 1.36. The first kappa shape index (κ1) is 9.03. The number of carbonyl (C=O) groups excluding carboxylic acids is 1. The van der Waals surface area contributed by atoms with Gasteiger partial charge in [0.05, 0.1) is 17.9 Å². The average Bonchev–Trinajstić information content (AvgIpc) is 2.64. The van der Waals surface area contributed by atoms with Gasteiger partial charge in [-0.3, -0.25) is 4.79 Å². The molecule has 1 aromatic rings. The van der Waals surface area contributed by atoms with E-state index >= 15 is 0 Å². The Hall–Kier alpha value is -0.540. The van der Waals surface area contributed by atoms with E-state index in [1.54, 1.807) is 11.3 Å². The molecule has 1 unspecified atom stereocenters. The topological polar surface area (TPSA) is 26.3 Å². The predicted molar refractivity (Wildman–Crippen MR) is 52.0 cm³/mol. The first-order chi connectivity index (χ1) is 6.18. The molecule has 2 atom stereocenters. The molecule has 1 fully saturated rings. The molecule has 1 aromatic heterocycles. The van der Waals surface area contributed by atoms with Crippen LogP contribution in [0, 0.1) is 5.92 Å². The number of methoxy groups -OCH3 is 1. The third-order valence-electron chi connectivity index (χ3n) is 2.31. The summed E-state index contributed by atoms with van der Waals surface area (Å²) < 4.78 is 4.65. The summed E-state index contributed by atoms with van der Waals surface area (Å²) in [5.41, 5.74) is 0. The van der Waals surface area contributed by atoms with Crippen molar-refractivity contribution < 1.29 is 9.53 Å². The van der Waals surface area contributed by atoms with Crippen LogP contribution in [0.2, 0.25) is 0 Å². The molecule has 1 aliphatic rings. The van der Waals surface area contributed by atoms with Crippen molar-refractivity contribution in [3.8, 4) is 0 Å². The number of esters is 1. The Morgan fingerprint density at radius 1 is 1.85 bits per heavy atom. The zero-order valence-corrected chi connectivity index (χ0v) is 8.69. The lowest BCUT2D eigenvalue weighted by Gasteiger charge is -2.04. The van der Waals surface area contributed by atoms with Crippen molar-refractivity contribution in [2.45, 2.75) is 11.3 Å². The highest BCUT2D eigenvalue weighted by atomic mass is 35.5. The summed E-state index contributed by atoms with van der Waals surface area (Å²) in [6.45, 7) is 0. The Morgan fingerprint density at radius 2 is 2.62 bits per heavy atom. The van der Waals surface area contributed by atoms with Gasteiger partial charge in [-0.2, -0.15) is 0 Å². The van der Waals surface area contributed by atoms with Crippen LogP contribution in [0.3, 0.4) is 0 Å². The quantitative estimate of drug-likeness (QED) is 0.561. The van der Waals surface area contributed by atoms with Gasteiger partial charge in [0, 0.05) is 4.88 Å². The highest BCUT2D eigenvalue weighted by molar-refractivity contribution is 7.10. The number of halogens is 1. The molecular formula is C9H9ClO2S. The van der Waals surface area contributed by atoms with E-state index in [1.807, 2.05) is 17.5 Å². The maximum atomic E-state index is 11.2. The molecule has 0 N–H and O–H groups in total. The van der Waals surface area contributed by atoms with E-state index < -0.39 is 4.87 Å². The van der Waals surface area contributed by atoms with Crippen LogP contribution in [0.1, 0.15) is 11.3 Å². The highest BCUT2D eigenvalue weighted by Gasteiger charge is 2.59. The van der Waals surface area contributed by atoms with Gasteiger partial charge in [0.25, 0.3) is 0 Å². The Balaban J connectivity index is 2.15. The molecule has 0 spiro atoms. The minimum absolute atomic E-state index is 0.155. The summed E-state index contributed by atoms with van der Waals surface area (Å²) in [7, 11) is 1.40. The van der Waals surface area contributed by atoms with Gasteiger partial charge in [0.1, 0.15) is 0 Å². The van der Waals surface area contributed by atoms with Crippen LogP contribution in [0.5, 0.6) is 0 Å². The molecule has 4 heteroatoms. The number of hydrogen-bond donors (Lipinski definition) is 0. The van der Waals surface area contributed by atoms with E-state index in [0.717, 1.165) is 4.88 Å². The highest BCUT2D eigenvalue weighted by Crippen LogP contribution is 2.59. The molecule has 1 aliphatic carbocycles. The minimum atomic E-state index is -0.471. The lowest BCUT2D eigenvalue weighted by Crippen LogP contribution is -2.09. The van der Waals surface area contributed by atoms with Gasteiger partial charge in [-0.25, -0.2) is 0 Å². The van der Waals surface area contributed by atoms with Crippen molar-refractivity contribution in [3.05, 3.63) is 22.4 Å². The van der Waals surface area contributed by atoms with E-state index in [2.05, 4.69) is 4.74 Å². The van der Waals surface area contributed by atoms with Crippen molar-refractivity contribution in [1.29, 1.82) is 0 Å². The molecule has 2 nitrogen and oxygen atoms in total. The second-order valence-corrected chi connectivity index (χ2v) is 4.74. The summed E-state index contributed by atoms with van der Waals surface area (Å²) in [5.74, 6) is -0.360. The van der Waals surface area contributed by atoms with Crippen LogP contribution < -0.4 is 0 Å². The molecule has 13 heavy (non-hydrogen) atoms. The molecule has 0 saturated heterocycles. The lowest BCUT2D eigenvalue weighted by atomic mass is 10.2. The summed E-state index contributed by atoms with van der Waals surface area (Å²) >= 11 is 7.84. The third-order valence-corrected chi connectivity index (χ3v) is 4.09. The number of alkyl halides is 1. The molecule has 1 saturated carbocycles. The Bertz CT molecular complexity index is 322. The zero-order valence-electron chi connectivity index (χ0n) is 7.12. The van der Waals surface area contributed by atoms with Crippen LogP contribution in [0.4, 0.5) is 0 Å². The van der Waals surface area contributed by atoms with Crippen molar-refractivity contribution in [2.75, 3.05) is 7.11 Å². The van der Waals surface area contributed by atoms with E-state index in [9.17, 15) is 4.79 Å². The van der Waals surface area contributed by atoms with Crippen LogP contribution >= 0.6 is 22.9 Å². The number of thiophene rings is 1. The normalized spacial score (nSPS) is 31.4. The maximum absolute atomic E-state index is 11.2. The Labute approximate surface area is 85.5 Å². The first-order valence-electron chi connectivity index (χ1n) is 3.99. The number of hydrogen-bond acceptors (Lipinski definition) is 3. The molecule has 70 valence electrons. The summed E-state index contributed by atoms with van der Waals surface area (Å²) in [6, 6.07) is 3.90. The van der Waals surface area contributed by atoms with Gasteiger partial charge in [-0.05, 0) is 17.9 Å². The van der Waals surface area contributed by atoms with Crippen LogP contribution in [0.25, 0.3) is 0 Å². The summed E-state index contributed by atoms with van der Waals surface area (Å²) in [4.78, 5) is 11.8. The lowest BCUT2D eigenvalue weighted by molar-refractivity contribution is -0.142. The van der Waals surface area contributed by atoms with Gasteiger partial charge < -0.3 is 4.74 Å². The molecule has 0 aromatic carbocycles. The Kier molecular flexibility index (Phi) is 2.08. The monoisotopic (exact) mass is 216 g/mol. The van der Waals surface area contributed by atoms with Gasteiger partial charge >= 0.3 is 5.97 Å². The number of rotatable bonds is 2. The zero-order chi connectivity index (χ0) is 9.47. The van der Waals surface area contributed by atoms with Crippen molar-refractivity contribution in [1.82, 2.24) is 0 Å².